The predicted octanol–water partition coefficient (Wildman–Crippen LogP) is 2.13. The van der Waals surface area contributed by atoms with E-state index in [0.29, 0.717) is 30.1 Å². The van der Waals surface area contributed by atoms with Crippen LogP contribution in [0.2, 0.25) is 0 Å². The molecule has 1 N–H and O–H groups in total. The molecule has 1 saturated heterocycles. The number of rotatable bonds is 4. The molecule has 0 bridgehead atoms. The summed E-state index contributed by atoms with van der Waals surface area (Å²) in [4.78, 5) is 14.2. The number of hydrogen-bond acceptors (Lipinski definition) is 4. The number of thiophene rings is 1. The van der Waals surface area contributed by atoms with Gasteiger partial charge < -0.3 is 4.90 Å². The number of allylic oxidation sites excluding steroid dienone is 1. The Balaban J connectivity index is 1.55. The van der Waals surface area contributed by atoms with Gasteiger partial charge in [-0.15, -0.1) is 11.3 Å². The van der Waals surface area contributed by atoms with Gasteiger partial charge in [-0.1, -0.05) is 12.1 Å². The molecule has 1 aliphatic carbocycles. The predicted molar refractivity (Wildman–Crippen MR) is 86.2 cm³/mol. The average molecular weight is 340 g/mol. The second-order valence-corrected chi connectivity index (χ2v) is 8.63. The van der Waals surface area contributed by atoms with Gasteiger partial charge in [0.25, 0.3) is 0 Å². The summed E-state index contributed by atoms with van der Waals surface area (Å²) in [5, 5.41) is 1.76. The molecule has 1 aromatic heterocycles. The van der Waals surface area contributed by atoms with Crippen molar-refractivity contribution in [3.63, 3.8) is 0 Å². The Morgan fingerprint density at radius 1 is 1.32 bits per heavy atom. The summed E-state index contributed by atoms with van der Waals surface area (Å²) in [5.74, 6) is 0.136. The molecule has 1 amide bonds. The van der Waals surface area contributed by atoms with Crippen LogP contribution in [0, 0.1) is 0 Å². The van der Waals surface area contributed by atoms with Crippen LogP contribution in [0.4, 0.5) is 0 Å². The second kappa shape index (κ2) is 6.52. The first-order valence-electron chi connectivity index (χ1n) is 7.60. The van der Waals surface area contributed by atoms with Crippen LogP contribution in [-0.2, 0) is 14.8 Å². The van der Waals surface area contributed by atoms with Crippen LogP contribution < -0.4 is 4.72 Å². The van der Waals surface area contributed by atoms with Crippen LogP contribution in [0.25, 0.3) is 0 Å². The number of carbonyl (C=O) groups is 1. The lowest BCUT2D eigenvalue weighted by molar-refractivity contribution is -0.128. The van der Waals surface area contributed by atoms with E-state index in [4.69, 9.17) is 0 Å². The molecule has 0 radical (unpaired) electrons. The maximum atomic E-state index is 12.3. The summed E-state index contributed by atoms with van der Waals surface area (Å²) in [6, 6.07) is 3.25. The molecule has 7 heteroatoms. The van der Waals surface area contributed by atoms with Crippen LogP contribution in [-0.4, -0.2) is 38.4 Å². The fraction of sp³-hybridized carbons (Fsp3) is 0.533. The topological polar surface area (TPSA) is 66.5 Å². The lowest BCUT2D eigenvalue weighted by Crippen LogP contribution is -2.46. The van der Waals surface area contributed by atoms with E-state index in [0.717, 1.165) is 24.8 Å². The number of likely N-dealkylation sites (tertiary alicyclic amines) is 1. The maximum absolute atomic E-state index is 12.3. The molecule has 3 rings (SSSR count). The summed E-state index contributed by atoms with van der Waals surface area (Å²) < 4.78 is 27.5. The van der Waals surface area contributed by atoms with Gasteiger partial charge >= 0.3 is 0 Å². The molecule has 1 fully saturated rings. The van der Waals surface area contributed by atoms with Crippen molar-refractivity contribution in [2.75, 3.05) is 13.1 Å². The molecular weight excluding hydrogens is 320 g/mol. The molecule has 0 saturated carbocycles. The number of sulfonamides is 1. The van der Waals surface area contributed by atoms with Crippen molar-refractivity contribution >= 4 is 27.3 Å². The van der Waals surface area contributed by atoms with Gasteiger partial charge in [0, 0.05) is 24.7 Å². The van der Waals surface area contributed by atoms with E-state index in [1.807, 2.05) is 11.0 Å². The Morgan fingerprint density at radius 2 is 2.09 bits per heavy atom. The van der Waals surface area contributed by atoms with E-state index in [1.165, 1.54) is 11.3 Å². The molecule has 0 unspecified atom stereocenters. The van der Waals surface area contributed by atoms with Crippen molar-refractivity contribution in [3.8, 4) is 0 Å². The Hall–Kier alpha value is -1.18. The van der Waals surface area contributed by atoms with Crippen LogP contribution in [0.1, 0.15) is 32.1 Å². The molecule has 0 aromatic carbocycles. The van der Waals surface area contributed by atoms with Gasteiger partial charge in [-0.2, -0.15) is 0 Å². The van der Waals surface area contributed by atoms with Gasteiger partial charge in [0.2, 0.25) is 15.9 Å². The van der Waals surface area contributed by atoms with Gasteiger partial charge in [0.15, 0.2) is 0 Å². The zero-order valence-electron chi connectivity index (χ0n) is 12.3. The first-order chi connectivity index (χ1) is 10.6. The fourth-order valence-electron chi connectivity index (χ4n) is 2.96. The largest absolute Gasteiger partial charge is 0.339 e. The number of nitrogens with zero attached hydrogens (tertiary/aromatic N) is 1. The highest BCUT2D eigenvalue weighted by atomic mass is 32.2. The zero-order valence-corrected chi connectivity index (χ0v) is 14.0. The molecule has 120 valence electrons. The van der Waals surface area contributed by atoms with E-state index in [9.17, 15) is 13.2 Å². The Labute approximate surface area is 135 Å². The lowest BCUT2D eigenvalue weighted by atomic mass is 10.0. The number of hydrogen-bond donors (Lipinski definition) is 1. The molecular formula is C15H20N2O3S2. The smallest absolute Gasteiger partial charge is 0.250 e. The van der Waals surface area contributed by atoms with Crippen LogP contribution in [0.3, 0.4) is 0 Å². The molecule has 2 aliphatic rings. The van der Waals surface area contributed by atoms with Crippen molar-refractivity contribution in [2.45, 2.75) is 42.4 Å². The van der Waals surface area contributed by atoms with E-state index in [-0.39, 0.29) is 11.9 Å². The highest BCUT2D eigenvalue weighted by Crippen LogP contribution is 2.23. The highest BCUT2D eigenvalue weighted by molar-refractivity contribution is 7.91. The average Bonchev–Trinajstić information content (AvgIpc) is 3.20. The van der Waals surface area contributed by atoms with Crippen molar-refractivity contribution in [2.24, 2.45) is 0 Å². The number of nitrogens with one attached hydrogen (secondary N) is 1. The van der Waals surface area contributed by atoms with Crippen molar-refractivity contribution in [3.05, 3.63) is 29.2 Å². The van der Waals surface area contributed by atoms with Crippen molar-refractivity contribution in [1.29, 1.82) is 0 Å². The quantitative estimate of drug-likeness (QED) is 0.913. The van der Waals surface area contributed by atoms with Gasteiger partial charge in [-0.05, 0) is 43.6 Å². The molecule has 1 aliphatic heterocycles. The summed E-state index contributed by atoms with van der Waals surface area (Å²) in [7, 11) is -3.42. The third-order valence-electron chi connectivity index (χ3n) is 4.18. The minimum Gasteiger partial charge on any atom is -0.339 e. The Bertz CT molecular complexity index is 657. The summed E-state index contributed by atoms with van der Waals surface area (Å²) in [6.07, 6.45) is 6.32. The van der Waals surface area contributed by atoms with Gasteiger partial charge in [0.05, 0.1) is 0 Å². The summed E-state index contributed by atoms with van der Waals surface area (Å²) >= 11 is 1.22. The number of piperidine rings is 1. The zero-order chi connectivity index (χ0) is 15.6. The first kappa shape index (κ1) is 15.7. The molecule has 1 aromatic rings. The van der Waals surface area contributed by atoms with Crippen LogP contribution in [0.15, 0.2) is 33.4 Å². The highest BCUT2D eigenvalue weighted by Gasteiger charge is 2.28. The molecule has 2 heterocycles. The second-order valence-electron chi connectivity index (χ2n) is 5.74. The minimum absolute atomic E-state index is 0.0892. The first-order valence-corrected chi connectivity index (χ1v) is 9.97. The van der Waals surface area contributed by atoms with Crippen LogP contribution in [0.5, 0.6) is 0 Å². The SMILES string of the molecule is O=C(C1=CCCC1)N1CCC(NS(=O)(=O)c2cccs2)CC1. The number of carbonyl (C=O) groups excluding carboxylic acids is 1. The maximum Gasteiger partial charge on any atom is 0.250 e. The summed E-state index contributed by atoms with van der Waals surface area (Å²) in [6.45, 7) is 1.24. The van der Waals surface area contributed by atoms with E-state index < -0.39 is 10.0 Å². The Morgan fingerprint density at radius 3 is 2.68 bits per heavy atom. The van der Waals surface area contributed by atoms with E-state index in [2.05, 4.69) is 4.72 Å². The third-order valence-corrected chi connectivity index (χ3v) is 7.10. The molecule has 0 atom stereocenters. The van der Waals surface area contributed by atoms with Crippen molar-refractivity contribution < 1.29 is 13.2 Å². The fourth-order valence-corrected chi connectivity index (χ4v) is 5.28. The summed E-state index contributed by atoms with van der Waals surface area (Å²) in [5.41, 5.74) is 0.928. The Kier molecular flexibility index (Phi) is 4.65. The van der Waals surface area contributed by atoms with E-state index in [1.54, 1.807) is 17.5 Å². The monoisotopic (exact) mass is 340 g/mol. The van der Waals surface area contributed by atoms with Gasteiger partial charge in [0.1, 0.15) is 4.21 Å². The third kappa shape index (κ3) is 3.42. The number of amides is 1. The standard InChI is InChI=1S/C15H20N2O3S2/c18-15(12-4-1-2-5-12)17-9-7-13(8-10-17)16-22(19,20)14-6-3-11-21-14/h3-4,6,11,13,16H,1-2,5,7-10H2. The normalized spacial score (nSPS) is 20.2. The van der Waals surface area contributed by atoms with E-state index >= 15 is 0 Å². The van der Waals surface area contributed by atoms with Gasteiger partial charge in [-0.25, -0.2) is 13.1 Å². The molecule has 0 spiro atoms. The molecule has 22 heavy (non-hydrogen) atoms. The minimum atomic E-state index is -3.42. The lowest BCUT2D eigenvalue weighted by Gasteiger charge is -2.32. The van der Waals surface area contributed by atoms with Crippen LogP contribution >= 0.6 is 11.3 Å². The molecule has 5 nitrogen and oxygen atoms in total. The van der Waals surface area contributed by atoms with Crippen molar-refractivity contribution in [1.82, 2.24) is 9.62 Å². The van der Waals surface area contributed by atoms with Gasteiger partial charge in [-0.3, -0.25) is 4.79 Å².